The minimum absolute atomic E-state index is 0.0654. The second-order valence-corrected chi connectivity index (χ2v) is 4.86. The van der Waals surface area contributed by atoms with E-state index in [1.54, 1.807) is 0 Å². The normalized spacial score (nSPS) is 11.0. The van der Waals surface area contributed by atoms with Crippen molar-refractivity contribution in [1.82, 2.24) is 0 Å². The predicted molar refractivity (Wildman–Crippen MR) is 79.7 cm³/mol. The van der Waals surface area contributed by atoms with Crippen molar-refractivity contribution in [2.75, 3.05) is 10.6 Å². The van der Waals surface area contributed by atoms with Gasteiger partial charge in [0.2, 0.25) is 11.8 Å². The highest BCUT2D eigenvalue weighted by atomic mass is 19.4. The lowest BCUT2D eigenvalue weighted by Gasteiger charge is -2.10. The van der Waals surface area contributed by atoms with Crippen LogP contribution < -0.4 is 10.6 Å². The maximum absolute atomic E-state index is 12.7. The Morgan fingerprint density at radius 1 is 0.875 bits per heavy atom. The second-order valence-electron chi connectivity index (χ2n) is 4.86. The zero-order valence-electron chi connectivity index (χ0n) is 12.2. The number of rotatable bonds is 4. The van der Waals surface area contributed by atoms with Crippen molar-refractivity contribution in [3.8, 4) is 0 Å². The number of nitrogens with one attached hydrogen (secondary N) is 2. The summed E-state index contributed by atoms with van der Waals surface area (Å²) >= 11 is 0. The van der Waals surface area contributed by atoms with Crippen LogP contribution in [0.1, 0.15) is 12.0 Å². The van der Waals surface area contributed by atoms with E-state index in [2.05, 4.69) is 10.6 Å². The van der Waals surface area contributed by atoms with Crippen LogP contribution in [0.15, 0.2) is 48.5 Å². The Kier molecular flexibility index (Phi) is 5.18. The first kappa shape index (κ1) is 17.5. The third kappa shape index (κ3) is 5.08. The van der Waals surface area contributed by atoms with Crippen LogP contribution >= 0.6 is 0 Å². The molecule has 2 amide bonds. The molecule has 24 heavy (non-hydrogen) atoms. The lowest BCUT2D eigenvalue weighted by molar-refractivity contribution is -0.137. The van der Waals surface area contributed by atoms with Crippen molar-refractivity contribution < 1.29 is 27.2 Å². The summed E-state index contributed by atoms with van der Waals surface area (Å²) in [5.41, 5.74) is -0.672. The van der Waals surface area contributed by atoms with E-state index in [4.69, 9.17) is 0 Å². The van der Waals surface area contributed by atoms with Crippen LogP contribution in [-0.2, 0) is 15.8 Å². The smallest absolute Gasteiger partial charge is 0.326 e. The molecule has 4 nitrogen and oxygen atoms in total. The summed E-state index contributed by atoms with van der Waals surface area (Å²) in [6.45, 7) is 0. The molecule has 2 aromatic rings. The SMILES string of the molecule is O=C(CC(=O)Nc1cccc(C(F)(F)F)c1)Nc1ccc(F)cc1. The minimum Gasteiger partial charge on any atom is -0.326 e. The Morgan fingerprint density at radius 2 is 1.46 bits per heavy atom. The van der Waals surface area contributed by atoms with Crippen molar-refractivity contribution in [3.05, 3.63) is 59.9 Å². The first-order valence-corrected chi connectivity index (χ1v) is 6.76. The minimum atomic E-state index is -4.53. The van der Waals surface area contributed by atoms with E-state index < -0.39 is 35.8 Å². The molecule has 0 saturated heterocycles. The number of alkyl halides is 3. The van der Waals surface area contributed by atoms with E-state index in [-0.39, 0.29) is 5.69 Å². The van der Waals surface area contributed by atoms with Crippen LogP contribution in [0.4, 0.5) is 28.9 Å². The van der Waals surface area contributed by atoms with Crippen molar-refractivity contribution in [3.63, 3.8) is 0 Å². The van der Waals surface area contributed by atoms with Crippen LogP contribution in [0.5, 0.6) is 0 Å². The van der Waals surface area contributed by atoms with Crippen LogP contribution in [0.3, 0.4) is 0 Å². The number of hydrogen-bond acceptors (Lipinski definition) is 2. The van der Waals surface area contributed by atoms with Gasteiger partial charge in [-0.1, -0.05) is 6.07 Å². The van der Waals surface area contributed by atoms with Gasteiger partial charge in [-0.15, -0.1) is 0 Å². The average molecular weight is 340 g/mol. The highest BCUT2D eigenvalue weighted by Crippen LogP contribution is 2.30. The van der Waals surface area contributed by atoms with Crippen LogP contribution in [0.2, 0.25) is 0 Å². The van der Waals surface area contributed by atoms with E-state index in [9.17, 15) is 27.2 Å². The largest absolute Gasteiger partial charge is 0.416 e. The molecule has 2 N–H and O–H groups in total. The van der Waals surface area contributed by atoms with Gasteiger partial charge in [-0.05, 0) is 42.5 Å². The Hall–Kier alpha value is -2.90. The van der Waals surface area contributed by atoms with Gasteiger partial charge in [-0.2, -0.15) is 13.2 Å². The second kappa shape index (κ2) is 7.12. The molecule has 0 atom stereocenters. The van der Waals surface area contributed by atoms with Gasteiger partial charge in [0.25, 0.3) is 0 Å². The molecule has 2 rings (SSSR count). The molecule has 0 aliphatic heterocycles. The summed E-state index contributed by atoms with van der Waals surface area (Å²) in [6, 6.07) is 8.99. The lowest BCUT2D eigenvalue weighted by atomic mass is 10.2. The number of amides is 2. The summed E-state index contributed by atoms with van der Waals surface area (Å²) in [4.78, 5) is 23.4. The van der Waals surface area contributed by atoms with Crippen molar-refractivity contribution in [2.24, 2.45) is 0 Å². The van der Waals surface area contributed by atoms with E-state index in [0.29, 0.717) is 5.69 Å². The fourth-order valence-corrected chi connectivity index (χ4v) is 1.86. The van der Waals surface area contributed by atoms with Crippen molar-refractivity contribution in [2.45, 2.75) is 12.6 Å². The quantitative estimate of drug-likeness (QED) is 0.657. The van der Waals surface area contributed by atoms with Gasteiger partial charge in [0, 0.05) is 11.4 Å². The fourth-order valence-electron chi connectivity index (χ4n) is 1.86. The van der Waals surface area contributed by atoms with Gasteiger partial charge < -0.3 is 10.6 Å². The van der Waals surface area contributed by atoms with Crippen molar-refractivity contribution in [1.29, 1.82) is 0 Å². The van der Waals surface area contributed by atoms with E-state index >= 15 is 0 Å². The maximum Gasteiger partial charge on any atom is 0.416 e. The molecule has 0 spiro atoms. The van der Waals surface area contributed by atoms with E-state index in [0.717, 1.165) is 30.3 Å². The number of carbonyl (C=O) groups is 2. The Balaban J connectivity index is 1.93. The Bertz CT molecular complexity index is 742. The summed E-state index contributed by atoms with van der Waals surface area (Å²) < 4.78 is 50.5. The Morgan fingerprint density at radius 3 is 2.04 bits per heavy atom. The highest BCUT2D eigenvalue weighted by molar-refractivity contribution is 6.08. The van der Waals surface area contributed by atoms with Gasteiger partial charge in [0.15, 0.2) is 0 Å². The molecule has 0 aliphatic carbocycles. The van der Waals surface area contributed by atoms with Crippen molar-refractivity contribution >= 4 is 23.2 Å². The molecule has 0 saturated carbocycles. The molecule has 2 aromatic carbocycles. The summed E-state index contributed by atoms with van der Waals surface area (Å²) in [6.07, 6.45) is -5.12. The lowest BCUT2D eigenvalue weighted by Crippen LogP contribution is -2.21. The molecular formula is C16H12F4N2O2. The maximum atomic E-state index is 12.7. The van der Waals surface area contributed by atoms with Gasteiger partial charge in [-0.3, -0.25) is 9.59 Å². The average Bonchev–Trinajstić information content (AvgIpc) is 2.49. The predicted octanol–water partition coefficient (Wildman–Crippen LogP) is 3.81. The summed E-state index contributed by atoms with van der Waals surface area (Å²) in [5, 5.41) is 4.60. The van der Waals surface area contributed by atoms with Crippen LogP contribution in [-0.4, -0.2) is 11.8 Å². The Labute approximate surface area is 134 Å². The van der Waals surface area contributed by atoms with Gasteiger partial charge in [0.1, 0.15) is 12.2 Å². The monoisotopic (exact) mass is 340 g/mol. The number of halogens is 4. The number of anilines is 2. The summed E-state index contributed by atoms with van der Waals surface area (Å²) in [7, 11) is 0. The fraction of sp³-hybridized carbons (Fsp3) is 0.125. The highest BCUT2D eigenvalue weighted by Gasteiger charge is 2.30. The zero-order chi connectivity index (χ0) is 17.7. The van der Waals surface area contributed by atoms with E-state index in [1.807, 2.05) is 0 Å². The third-order valence-corrected chi connectivity index (χ3v) is 2.92. The topological polar surface area (TPSA) is 58.2 Å². The van der Waals surface area contributed by atoms with Gasteiger partial charge in [-0.25, -0.2) is 4.39 Å². The number of hydrogen-bond donors (Lipinski definition) is 2. The van der Waals surface area contributed by atoms with Crippen LogP contribution in [0, 0.1) is 5.82 Å². The van der Waals surface area contributed by atoms with Gasteiger partial charge >= 0.3 is 6.18 Å². The zero-order valence-corrected chi connectivity index (χ0v) is 12.2. The number of carbonyl (C=O) groups excluding carboxylic acids is 2. The molecule has 8 heteroatoms. The molecule has 0 aliphatic rings. The molecule has 0 bridgehead atoms. The molecule has 0 radical (unpaired) electrons. The van der Waals surface area contributed by atoms with E-state index in [1.165, 1.54) is 18.2 Å². The molecule has 0 fully saturated rings. The third-order valence-electron chi connectivity index (χ3n) is 2.92. The molecule has 126 valence electrons. The molecule has 0 unspecified atom stereocenters. The molecule has 0 aromatic heterocycles. The first-order valence-electron chi connectivity index (χ1n) is 6.76. The standard InChI is InChI=1S/C16H12F4N2O2/c17-11-4-6-12(7-5-11)21-14(23)9-15(24)22-13-3-1-2-10(8-13)16(18,19)20/h1-8H,9H2,(H,21,23)(H,22,24). The first-order chi connectivity index (χ1) is 11.2. The number of benzene rings is 2. The molecule has 0 heterocycles. The van der Waals surface area contributed by atoms with Crippen LogP contribution in [0.25, 0.3) is 0 Å². The molecular weight excluding hydrogens is 328 g/mol. The summed E-state index contributed by atoms with van der Waals surface area (Å²) in [5.74, 6) is -1.92. The van der Waals surface area contributed by atoms with Gasteiger partial charge in [0.05, 0.1) is 5.56 Å².